The number of carboxylic acid groups (broad SMARTS) is 1. The maximum Gasteiger partial charge on any atom is 0.344 e. The molecule has 0 radical (unpaired) electrons. The summed E-state index contributed by atoms with van der Waals surface area (Å²) in [5.41, 5.74) is 2.24. The van der Waals surface area contributed by atoms with Crippen LogP contribution in [0.25, 0.3) is 16.9 Å². The first-order valence-corrected chi connectivity index (χ1v) is 12.8. The second-order valence-electron chi connectivity index (χ2n) is 8.24. The maximum atomic E-state index is 13.6. The van der Waals surface area contributed by atoms with Crippen LogP contribution in [0.15, 0.2) is 77.3 Å². The smallest absolute Gasteiger partial charge is 0.344 e. The van der Waals surface area contributed by atoms with Crippen LogP contribution in [0.3, 0.4) is 0 Å². The lowest BCUT2D eigenvalue weighted by Gasteiger charge is -2.16. The lowest BCUT2D eigenvalue weighted by Crippen LogP contribution is -2.29. The zero-order valence-electron chi connectivity index (χ0n) is 19.8. The SMILES string of the molecule is C[C@H](Oc1c(C(=O)N[C@H](C)c2ccc(Br)cc2)nn(-c2ccccc2Cl)c1-c1ccc(Cl)cc1)C(=O)O. The third kappa shape index (κ3) is 5.98. The molecule has 1 amide bonds. The van der Waals surface area contributed by atoms with Gasteiger partial charge in [-0.05, 0) is 55.8 Å². The number of ether oxygens (including phenoxy) is 1. The number of benzene rings is 3. The lowest BCUT2D eigenvalue weighted by atomic mass is 10.1. The number of para-hydroxylation sites is 1. The number of nitrogens with zero attached hydrogens (tertiary/aromatic N) is 2. The monoisotopic (exact) mass is 601 g/mol. The van der Waals surface area contributed by atoms with Crippen LogP contribution >= 0.6 is 39.1 Å². The molecule has 2 atom stereocenters. The van der Waals surface area contributed by atoms with Gasteiger partial charge in [0.15, 0.2) is 17.5 Å². The molecular weight excluding hydrogens is 581 g/mol. The van der Waals surface area contributed by atoms with Crippen LogP contribution in [0.1, 0.15) is 35.9 Å². The number of carbonyl (C=O) groups excluding carboxylic acids is 1. The van der Waals surface area contributed by atoms with Crippen LogP contribution in [0, 0.1) is 0 Å². The summed E-state index contributed by atoms with van der Waals surface area (Å²) in [5, 5.41) is 18.0. The van der Waals surface area contributed by atoms with Crippen LogP contribution in [-0.2, 0) is 4.79 Å². The molecule has 0 aliphatic carbocycles. The average molecular weight is 603 g/mol. The maximum absolute atomic E-state index is 13.6. The molecule has 2 N–H and O–H groups in total. The number of aromatic nitrogens is 2. The highest BCUT2D eigenvalue weighted by atomic mass is 79.9. The van der Waals surface area contributed by atoms with Gasteiger partial charge in [-0.15, -0.1) is 0 Å². The standard InChI is InChI=1S/C27H22BrCl2N3O4/c1-15(17-7-11-19(28)12-8-17)31-26(34)23-25(37-16(2)27(35)36)24(18-9-13-20(29)14-10-18)33(32-23)22-6-4-3-5-21(22)30/h3-16H,1-2H3,(H,31,34)(H,35,36)/t15-,16+/m1/s1. The van der Waals surface area contributed by atoms with Crippen molar-refractivity contribution < 1.29 is 19.4 Å². The third-order valence-electron chi connectivity index (χ3n) is 5.62. The van der Waals surface area contributed by atoms with Crippen molar-refractivity contribution in [2.24, 2.45) is 0 Å². The van der Waals surface area contributed by atoms with Gasteiger partial charge in [0, 0.05) is 15.1 Å². The topological polar surface area (TPSA) is 93.5 Å². The van der Waals surface area contributed by atoms with Crippen molar-refractivity contribution in [3.63, 3.8) is 0 Å². The number of hydrogen-bond donors (Lipinski definition) is 2. The predicted molar refractivity (Wildman–Crippen MR) is 147 cm³/mol. The molecule has 0 saturated carbocycles. The highest BCUT2D eigenvalue weighted by Gasteiger charge is 2.30. The van der Waals surface area contributed by atoms with E-state index in [1.807, 2.05) is 31.2 Å². The number of nitrogens with one attached hydrogen (secondary N) is 1. The van der Waals surface area contributed by atoms with E-state index in [0.717, 1.165) is 10.0 Å². The Morgan fingerprint density at radius 3 is 2.27 bits per heavy atom. The molecule has 0 aliphatic heterocycles. The minimum Gasteiger partial charge on any atom is -0.479 e. The molecule has 37 heavy (non-hydrogen) atoms. The van der Waals surface area contributed by atoms with Crippen molar-refractivity contribution in [3.05, 3.63) is 98.6 Å². The summed E-state index contributed by atoms with van der Waals surface area (Å²) in [6.07, 6.45) is -1.26. The fourth-order valence-electron chi connectivity index (χ4n) is 3.65. The van der Waals surface area contributed by atoms with E-state index in [4.69, 9.17) is 27.9 Å². The van der Waals surface area contributed by atoms with Gasteiger partial charge in [-0.2, -0.15) is 5.10 Å². The van der Waals surface area contributed by atoms with E-state index in [9.17, 15) is 14.7 Å². The van der Waals surface area contributed by atoms with E-state index in [1.165, 1.54) is 11.6 Å². The molecule has 0 saturated heterocycles. The normalized spacial score (nSPS) is 12.6. The first kappa shape index (κ1) is 26.7. The molecule has 0 bridgehead atoms. The van der Waals surface area contributed by atoms with Gasteiger partial charge in [0.2, 0.25) is 0 Å². The first-order valence-electron chi connectivity index (χ1n) is 11.3. The number of halogens is 3. The fourth-order valence-corrected chi connectivity index (χ4v) is 4.26. The molecule has 1 heterocycles. The highest BCUT2D eigenvalue weighted by Crippen LogP contribution is 2.38. The predicted octanol–water partition coefficient (Wildman–Crippen LogP) is 6.95. The third-order valence-corrected chi connectivity index (χ3v) is 6.72. The Morgan fingerprint density at radius 2 is 1.65 bits per heavy atom. The van der Waals surface area contributed by atoms with Crippen LogP contribution < -0.4 is 10.1 Å². The molecule has 0 spiro atoms. The summed E-state index contributed by atoms with van der Waals surface area (Å²) in [7, 11) is 0. The second-order valence-corrected chi connectivity index (χ2v) is 10.0. The summed E-state index contributed by atoms with van der Waals surface area (Å²) in [5.74, 6) is -1.72. The molecule has 0 aliphatic rings. The van der Waals surface area contributed by atoms with E-state index in [-0.39, 0.29) is 17.5 Å². The quantitative estimate of drug-likeness (QED) is 0.228. The van der Waals surface area contributed by atoms with E-state index in [1.54, 1.807) is 48.5 Å². The zero-order valence-corrected chi connectivity index (χ0v) is 22.9. The summed E-state index contributed by atoms with van der Waals surface area (Å²) >= 11 is 16.0. The van der Waals surface area contributed by atoms with E-state index < -0.39 is 18.0 Å². The molecule has 3 aromatic carbocycles. The molecule has 0 fully saturated rings. The van der Waals surface area contributed by atoms with Gasteiger partial charge < -0.3 is 15.2 Å². The Kier molecular flexibility index (Phi) is 8.22. The summed E-state index contributed by atoms with van der Waals surface area (Å²) in [6, 6.07) is 21.0. The Bertz CT molecular complexity index is 1440. The molecule has 190 valence electrons. The molecular formula is C27H22BrCl2N3O4. The number of carbonyl (C=O) groups is 2. The number of rotatable bonds is 8. The van der Waals surface area contributed by atoms with Crippen LogP contribution in [0.4, 0.5) is 0 Å². The Balaban J connectivity index is 1.88. The van der Waals surface area contributed by atoms with Gasteiger partial charge in [0.25, 0.3) is 5.91 Å². The molecule has 4 rings (SSSR count). The molecule has 7 nitrogen and oxygen atoms in total. The van der Waals surface area contributed by atoms with Gasteiger partial charge in [-0.3, -0.25) is 4.79 Å². The molecule has 0 unspecified atom stereocenters. The van der Waals surface area contributed by atoms with E-state index in [0.29, 0.717) is 27.0 Å². The van der Waals surface area contributed by atoms with Crippen molar-refractivity contribution in [1.29, 1.82) is 0 Å². The van der Waals surface area contributed by atoms with Crippen molar-refractivity contribution in [1.82, 2.24) is 15.1 Å². The van der Waals surface area contributed by atoms with Crippen molar-refractivity contribution >= 4 is 51.0 Å². The summed E-state index contributed by atoms with van der Waals surface area (Å²) in [4.78, 5) is 25.3. The largest absolute Gasteiger partial charge is 0.479 e. The van der Waals surface area contributed by atoms with E-state index >= 15 is 0 Å². The van der Waals surface area contributed by atoms with Crippen LogP contribution in [0.5, 0.6) is 5.75 Å². The van der Waals surface area contributed by atoms with Crippen molar-refractivity contribution in [2.45, 2.75) is 26.0 Å². The van der Waals surface area contributed by atoms with Crippen molar-refractivity contribution in [2.75, 3.05) is 0 Å². The van der Waals surface area contributed by atoms with Gasteiger partial charge >= 0.3 is 5.97 Å². The number of hydrogen-bond acceptors (Lipinski definition) is 4. The zero-order chi connectivity index (χ0) is 26.7. The minimum atomic E-state index is -1.26. The van der Waals surface area contributed by atoms with Crippen LogP contribution in [0.2, 0.25) is 10.0 Å². The number of aliphatic carboxylic acids is 1. The Hall–Kier alpha value is -3.33. The molecule has 1 aromatic heterocycles. The molecule has 10 heteroatoms. The second kappa shape index (κ2) is 11.4. The summed E-state index contributed by atoms with van der Waals surface area (Å²) < 4.78 is 8.26. The number of carboxylic acids is 1. The van der Waals surface area contributed by atoms with Gasteiger partial charge in [-0.25, -0.2) is 9.48 Å². The van der Waals surface area contributed by atoms with Crippen molar-refractivity contribution in [3.8, 4) is 22.7 Å². The molecule has 4 aromatic rings. The van der Waals surface area contributed by atoms with E-state index in [2.05, 4.69) is 26.3 Å². The van der Waals surface area contributed by atoms with Crippen LogP contribution in [-0.4, -0.2) is 32.9 Å². The Labute approximate surface area is 232 Å². The Morgan fingerprint density at radius 1 is 1.00 bits per heavy atom. The highest BCUT2D eigenvalue weighted by molar-refractivity contribution is 9.10. The lowest BCUT2D eigenvalue weighted by molar-refractivity contribution is -0.144. The summed E-state index contributed by atoms with van der Waals surface area (Å²) in [6.45, 7) is 3.22. The van der Waals surface area contributed by atoms with Gasteiger partial charge in [0.05, 0.1) is 16.8 Å². The fraction of sp³-hybridized carbons (Fsp3) is 0.148. The van der Waals surface area contributed by atoms with Gasteiger partial charge in [-0.1, -0.05) is 75.5 Å². The number of amides is 1. The van der Waals surface area contributed by atoms with Gasteiger partial charge in [0.1, 0.15) is 5.69 Å². The first-order chi connectivity index (χ1) is 17.7. The minimum absolute atomic E-state index is 0.0117. The average Bonchev–Trinajstić information content (AvgIpc) is 3.24.